The smallest absolute Gasteiger partial charge is 0.335 e. The summed E-state index contributed by atoms with van der Waals surface area (Å²) < 4.78 is 48.7. The lowest BCUT2D eigenvalue weighted by Gasteiger charge is -2.33. The van der Waals surface area contributed by atoms with Crippen LogP contribution in [0.2, 0.25) is 23.2 Å². The van der Waals surface area contributed by atoms with Crippen LogP contribution in [0.15, 0.2) is 32.9 Å². The maximum atomic E-state index is 14.6. The number of nitrogens with zero attached hydrogens (tertiary/aromatic N) is 3. The molecule has 0 unspecified atom stereocenters. The van der Waals surface area contributed by atoms with E-state index in [1.54, 1.807) is 0 Å². The van der Waals surface area contributed by atoms with E-state index in [0.29, 0.717) is 22.1 Å². The molecule has 0 N–H and O–H groups in total. The van der Waals surface area contributed by atoms with Gasteiger partial charge in [-0.25, -0.2) is 22.5 Å². The first-order valence-electron chi connectivity index (χ1n) is 9.40. The molecular formula is C20H25ClF3N3O3Si. The summed E-state index contributed by atoms with van der Waals surface area (Å²) in [6, 6.07) is 2.66. The monoisotopic (exact) mass is 475 g/mol. The Hall–Kier alpha value is -2.33. The molecule has 0 aliphatic heterocycles. The summed E-state index contributed by atoms with van der Waals surface area (Å²) in [6.45, 7) is 10.6. The predicted molar refractivity (Wildman–Crippen MR) is 118 cm³/mol. The molecule has 2 aromatic rings. The van der Waals surface area contributed by atoms with Crippen molar-refractivity contribution in [3.05, 3.63) is 61.1 Å². The first-order valence-corrected chi connectivity index (χ1v) is 12.7. The van der Waals surface area contributed by atoms with Gasteiger partial charge in [-0.2, -0.15) is 0 Å². The molecular weight excluding hydrogens is 451 g/mol. The van der Waals surface area contributed by atoms with E-state index in [9.17, 15) is 22.8 Å². The molecule has 0 saturated heterocycles. The molecule has 1 heterocycles. The van der Waals surface area contributed by atoms with Gasteiger partial charge in [-0.3, -0.25) is 9.36 Å². The number of hydrogen-bond acceptors (Lipinski definition) is 4. The van der Waals surface area contributed by atoms with E-state index < -0.39 is 42.7 Å². The van der Waals surface area contributed by atoms with Crippen LogP contribution in [0.25, 0.3) is 5.69 Å². The molecule has 2 rings (SSSR count). The van der Waals surface area contributed by atoms with E-state index in [4.69, 9.17) is 16.1 Å². The van der Waals surface area contributed by atoms with Gasteiger partial charge in [-0.15, -0.1) is 5.16 Å². The molecule has 170 valence electrons. The molecule has 1 aromatic heterocycles. The highest BCUT2D eigenvalue weighted by Crippen LogP contribution is 2.36. The molecule has 0 fully saturated rings. The zero-order chi connectivity index (χ0) is 23.9. The first-order chi connectivity index (χ1) is 14.0. The third kappa shape index (κ3) is 5.12. The highest BCUT2D eigenvalue weighted by Gasteiger charge is 2.39. The van der Waals surface area contributed by atoms with Gasteiger partial charge in [0.2, 0.25) is 0 Å². The van der Waals surface area contributed by atoms with Crippen molar-refractivity contribution in [2.45, 2.75) is 51.7 Å². The molecule has 0 atom stereocenters. The van der Waals surface area contributed by atoms with Crippen molar-refractivity contribution in [3.8, 4) is 5.69 Å². The molecule has 0 radical (unpaired) electrons. The molecule has 0 bridgehead atoms. The van der Waals surface area contributed by atoms with Crippen LogP contribution < -0.4 is 11.2 Å². The first kappa shape index (κ1) is 24.9. The minimum absolute atomic E-state index is 0.0228. The van der Waals surface area contributed by atoms with Crippen molar-refractivity contribution >= 4 is 26.1 Å². The Kier molecular flexibility index (Phi) is 6.68. The molecule has 1 aromatic carbocycles. The van der Waals surface area contributed by atoms with Gasteiger partial charge in [-0.05, 0) is 30.3 Å². The number of halogens is 4. The summed E-state index contributed by atoms with van der Waals surface area (Å²) in [5.74, 6) is -4.40. The van der Waals surface area contributed by atoms with E-state index in [1.165, 1.54) is 6.21 Å². The zero-order valence-electron chi connectivity index (χ0n) is 18.4. The highest BCUT2D eigenvalue weighted by molar-refractivity contribution is 6.74. The Morgan fingerprint density at radius 3 is 2.23 bits per heavy atom. The maximum Gasteiger partial charge on any atom is 0.335 e. The summed E-state index contributed by atoms with van der Waals surface area (Å²) in [5.41, 5.74) is -3.24. The van der Waals surface area contributed by atoms with Gasteiger partial charge in [0.25, 0.3) is 19.8 Å². The average Bonchev–Trinajstić information content (AvgIpc) is 2.59. The third-order valence-electron chi connectivity index (χ3n) is 5.36. The fraction of sp³-hybridized carbons (Fsp3) is 0.450. The molecule has 31 heavy (non-hydrogen) atoms. The van der Waals surface area contributed by atoms with E-state index in [0.717, 1.165) is 19.2 Å². The van der Waals surface area contributed by atoms with Gasteiger partial charge in [0, 0.05) is 25.6 Å². The second-order valence-electron chi connectivity index (χ2n) is 8.84. The summed E-state index contributed by atoms with van der Waals surface area (Å²) in [5, 5.41) is 3.84. The van der Waals surface area contributed by atoms with Crippen LogP contribution in [0.5, 0.6) is 0 Å². The fourth-order valence-electron chi connectivity index (χ4n) is 2.44. The van der Waals surface area contributed by atoms with Gasteiger partial charge in [0.1, 0.15) is 5.82 Å². The Labute approximate surface area is 184 Å². The fourth-order valence-corrected chi connectivity index (χ4v) is 3.23. The van der Waals surface area contributed by atoms with Crippen LogP contribution in [0.3, 0.4) is 0 Å². The van der Waals surface area contributed by atoms with Crippen LogP contribution in [-0.2, 0) is 17.5 Å². The third-order valence-corrected chi connectivity index (χ3v) is 9.86. The number of hydrogen-bond donors (Lipinski definition) is 0. The van der Waals surface area contributed by atoms with Crippen LogP contribution in [0.4, 0.5) is 13.2 Å². The van der Waals surface area contributed by atoms with Gasteiger partial charge < -0.3 is 4.53 Å². The summed E-state index contributed by atoms with van der Waals surface area (Å²) in [6.07, 6.45) is 1.26. The van der Waals surface area contributed by atoms with Gasteiger partial charge in [0.05, 0.1) is 22.6 Å². The van der Waals surface area contributed by atoms with Crippen molar-refractivity contribution in [1.29, 1.82) is 0 Å². The van der Waals surface area contributed by atoms with Gasteiger partial charge in [-0.1, -0.05) is 32.4 Å². The van der Waals surface area contributed by atoms with Crippen LogP contribution in [-0.4, -0.2) is 23.7 Å². The zero-order valence-corrected chi connectivity index (χ0v) is 20.1. The average molecular weight is 476 g/mol. The molecule has 0 saturated carbocycles. The summed E-state index contributed by atoms with van der Waals surface area (Å²) in [4.78, 5) is 25.0. The van der Waals surface area contributed by atoms with Gasteiger partial charge in [0.15, 0.2) is 0 Å². The molecule has 11 heteroatoms. The SMILES string of the molecule is Cn1c(C(C)(F)F)cc(=O)n(-c2cc(/C=N/O[Si](C)(C)C(C)(C)C)c(Cl)cc2F)c1=O. The van der Waals surface area contributed by atoms with E-state index in [1.807, 2.05) is 33.9 Å². The molecule has 0 amide bonds. The van der Waals surface area contributed by atoms with Crippen LogP contribution >= 0.6 is 11.6 Å². The molecule has 6 nitrogen and oxygen atoms in total. The Morgan fingerprint density at radius 1 is 1.13 bits per heavy atom. The molecule has 0 aliphatic rings. The topological polar surface area (TPSA) is 65.6 Å². The highest BCUT2D eigenvalue weighted by atomic mass is 35.5. The largest absolute Gasteiger partial charge is 0.455 e. The van der Waals surface area contributed by atoms with E-state index in [-0.39, 0.29) is 15.6 Å². The molecule has 0 spiro atoms. The summed E-state index contributed by atoms with van der Waals surface area (Å²) >= 11 is 6.08. The van der Waals surface area contributed by atoms with E-state index in [2.05, 4.69) is 5.16 Å². The van der Waals surface area contributed by atoms with Gasteiger partial charge >= 0.3 is 5.69 Å². The minimum atomic E-state index is -3.43. The standard InChI is InChI=1S/C20H25ClF3N3O3Si/c1-19(2,3)31(6,7)30-25-11-12-8-15(14(22)9-13(12)21)27-17(28)10-16(20(4,23)24)26(5)18(27)29/h8-11H,1-7H3/b25-11+. The van der Waals surface area contributed by atoms with Crippen molar-refractivity contribution < 1.29 is 17.7 Å². The number of benzene rings is 1. The second kappa shape index (κ2) is 8.31. The minimum Gasteiger partial charge on any atom is -0.455 e. The van der Waals surface area contributed by atoms with Crippen LogP contribution in [0, 0.1) is 5.82 Å². The summed E-state index contributed by atoms with van der Waals surface area (Å²) in [7, 11) is -1.13. The quantitative estimate of drug-likeness (QED) is 0.354. The number of alkyl halides is 2. The predicted octanol–water partition coefficient (Wildman–Crippen LogP) is 4.80. The van der Waals surface area contributed by atoms with Crippen molar-refractivity contribution in [2.75, 3.05) is 0 Å². The van der Waals surface area contributed by atoms with Crippen molar-refractivity contribution in [3.63, 3.8) is 0 Å². The van der Waals surface area contributed by atoms with Crippen LogP contribution in [0.1, 0.15) is 39.0 Å². The number of oxime groups is 1. The maximum absolute atomic E-state index is 14.6. The lowest BCUT2D eigenvalue weighted by molar-refractivity contribution is 0.00825. The number of rotatable bonds is 5. The molecule has 0 aliphatic carbocycles. The Bertz CT molecular complexity index is 1150. The Morgan fingerprint density at radius 2 is 1.71 bits per heavy atom. The lowest BCUT2D eigenvalue weighted by Crippen LogP contribution is -2.41. The lowest BCUT2D eigenvalue weighted by atomic mass is 10.2. The Balaban J connectivity index is 2.59. The second-order valence-corrected chi connectivity index (χ2v) is 14.0. The van der Waals surface area contributed by atoms with Crippen molar-refractivity contribution in [1.82, 2.24) is 9.13 Å². The van der Waals surface area contributed by atoms with E-state index >= 15 is 0 Å². The number of aromatic nitrogens is 2. The van der Waals surface area contributed by atoms with Crippen molar-refractivity contribution in [2.24, 2.45) is 12.2 Å². The normalized spacial score (nSPS) is 13.1.